The van der Waals surface area contributed by atoms with Gasteiger partial charge in [0, 0.05) is 6.42 Å². The zero-order valence-corrected chi connectivity index (χ0v) is 8.79. The first-order valence-electron chi connectivity index (χ1n) is 4.85. The number of halogens is 3. The quantitative estimate of drug-likeness (QED) is 0.632. The molecule has 0 aromatic heterocycles. The lowest BCUT2D eigenvalue weighted by atomic mass is 10.0. The third-order valence-electron chi connectivity index (χ3n) is 2.14. The van der Waals surface area contributed by atoms with Crippen LogP contribution in [0, 0.1) is 6.42 Å². The summed E-state index contributed by atoms with van der Waals surface area (Å²) in [6.45, 7) is 0. The molecule has 0 atom stereocenters. The number of hydrogen-bond acceptors (Lipinski definition) is 2. The molecular weight excluding hydrogens is 235 g/mol. The lowest BCUT2D eigenvalue weighted by Crippen LogP contribution is -2.18. The van der Waals surface area contributed by atoms with E-state index >= 15 is 0 Å². The van der Waals surface area contributed by atoms with Crippen LogP contribution < -0.4 is 5.48 Å². The van der Waals surface area contributed by atoms with Crippen molar-refractivity contribution in [3.05, 3.63) is 41.8 Å². The molecular formula is C11H11F3NO2. The van der Waals surface area contributed by atoms with Crippen LogP contribution in [0.25, 0.3) is 0 Å². The molecule has 0 heterocycles. The highest BCUT2D eigenvalue weighted by atomic mass is 19.4. The molecule has 17 heavy (non-hydrogen) atoms. The van der Waals surface area contributed by atoms with Gasteiger partial charge in [-0.2, -0.15) is 13.2 Å². The van der Waals surface area contributed by atoms with Crippen LogP contribution in [-0.2, 0) is 17.4 Å². The van der Waals surface area contributed by atoms with Gasteiger partial charge in [-0.15, -0.1) is 0 Å². The van der Waals surface area contributed by atoms with Crippen LogP contribution in [0.5, 0.6) is 0 Å². The van der Waals surface area contributed by atoms with E-state index in [1.807, 2.05) is 0 Å². The number of carbonyl (C=O) groups is 1. The Bertz CT molecular complexity index is 391. The van der Waals surface area contributed by atoms with Gasteiger partial charge in [0.25, 0.3) is 0 Å². The standard InChI is InChI=1S/C11H11F3NO2/c12-11(13,14)9-6-2-1-4-8(9)5-3-7-10(16)15-17/h1-4,6,17H,5,7H2,(H,15,16). The molecule has 0 fully saturated rings. The lowest BCUT2D eigenvalue weighted by molar-refractivity contribution is -0.138. The van der Waals surface area contributed by atoms with Gasteiger partial charge in [0.05, 0.1) is 5.56 Å². The van der Waals surface area contributed by atoms with Crippen LogP contribution in [0.2, 0.25) is 0 Å². The molecule has 1 radical (unpaired) electrons. The normalized spacial score (nSPS) is 11.3. The largest absolute Gasteiger partial charge is 0.416 e. The van der Waals surface area contributed by atoms with Crippen molar-refractivity contribution in [1.82, 2.24) is 5.48 Å². The maximum absolute atomic E-state index is 12.6. The minimum absolute atomic E-state index is 0.0170. The van der Waals surface area contributed by atoms with E-state index in [4.69, 9.17) is 5.21 Å². The van der Waals surface area contributed by atoms with E-state index in [0.29, 0.717) is 0 Å². The van der Waals surface area contributed by atoms with Crippen LogP contribution in [0.1, 0.15) is 17.5 Å². The van der Waals surface area contributed by atoms with Crippen LogP contribution in [0.15, 0.2) is 24.3 Å². The topological polar surface area (TPSA) is 49.3 Å². The first-order valence-corrected chi connectivity index (χ1v) is 4.85. The summed E-state index contributed by atoms with van der Waals surface area (Å²) in [4.78, 5) is 10.7. The Morgan fingerprint density at radius 1 is 1.35 bits per heavy atom. The van der Waals surface area contributed by atoms with Gasteiger partial charge in [-0.3, -0.25) is 10.0 Å². The van der Waals surface area contributed by atoms with Crippen LogP contribution in [-0.4, -0.2) is 11.1 Å². The van der Waals surface area contributed by atoms with Crippen LogP contribution in [0.3, 0.4) is 0 Å². The summed E-state index contributed by atoms with van der Waals surface area (Å²) in [7, 11) is 0. The molecule has 1 rings (SSSR count). The summed E-state index contributed by atoms with van der Waals surface area (Å²) in [5.74, 6) is -0.658. The summed E-state index contributed by atoms with van der Waals surface area (Å²) >= 11 is 0. The van der Waals surface area contributed by atoms with Crippen molar-refractivity contribution in [2.24, 2.45) is 0 Å². The zero-order chi connectivity index (χ0) is 12.9. The van der Waals surface area contributed by atoms with Gasteiger partial charge in [0.2, 0.25) is 5.91 Å². The third kappa shape index (κ3) is 4.07. The monoisotopic (exact) mass is 246 g/mol. The van der Waals surface area contributed by atoms with Gasteiger partial charge >= 0.3 is 6.18 Å². The van der Waals surface area contributed by atoms with Crippen molar-refractivity contribution in [2.75, 3.05) is 0 Å². The molecule has 93 valence electrons. The smallest absolute Gasteiger partial charge is 0.289 e. The Kier molecular flexibility index (Phi) is 4.51. The fraction of sp³-hybridized carbons (Fsp3) is 0.273. The minimum Gasteiger partial charge on any atom is -0.289 e. The highest BCUT2D eigenvalue weighted by molar-refractivity contribution is 5.75. The third-order valence-corrected chi connectivity index (χ3v) is 2.14. The maximum atomic E-state index is 12.6. The highest BCUT2D eigenvalue weighted by Gasteiger charge is 2.32. The second-order valence-corrected chi connectivity index (χ2v) is 3.39. The van der Waals surface area contributed by atoms with Gasteiger partial charge in [-0.1, -0.05) is 18.2 Å². The average molecular weight is 246 g/mol. The fourth-order valence-electron chi connectivity index (χ4n) is 1.38. The summed E-state index contributed by atoms with van der Waals surface area (Å²) < 4.78 is 37.7. The van der Waals surface area contributed by atoms with Crippen molar-refractivity contribution in [1.29, 1.82) is 0 Å². The number of hydroxylamine groups is 1. The minimum atomic E-state index is -4.40. The molecule has 3 nitrogen and oxygen atoms in total. The second kappa shape index (κ2) is 5.67. The Balaban J connectivity index is 2.68. The average Bonchev–Trinajstić information content (AvgIpc) is 2.28. The van der Waals surface area contributed by atoms with E-state index in [2.05, 4.69) is 0 Å². The molecule has 6 heteroatoms. The second-order valence-electron chi connectivity index (χ2n) is 3.39. The summed E-state index contributed by atoms with van der Waals surface area (Å²) in [5.41, 5.74) is 0.798. The van der Waals surface area contributed by atoms with Crippen molar-refractivity contribution in [3.63, 3.8) is 0 Å². The van der Waals surface area contributed by atoms with E-state index in [-0.39, 0.29) is 18.4 Å². The molecule has 0 saturated carbocycles. The Morgan fingerprint density at radius 3 is 2.59 bits per heavy atom. The Labute approximate surface area is 96.2 Å². The molecule has 1 aromatic carbocycles. The highest BCUT2D eigenvalue weighted by Crippen LogP contribution is 2.32. The molecule has 0 aliphatic heterocycles. The fourth-order valence-corrected chi connectivity index (χ4v) is 1.38. The number of carbonyl (C=O) groups excluding carboxylic acids is 1. The number of nitrogens with one attached hydrogen (secondary N) is 1. The van der Waals surface area contributed by atoms with Crippen molar-refractivity contribution in [3.8, 4) is 0 Å². The molecule has 2 N–H and O–H groups in total. The van der Waals surface area contributed by atoms with E-state index in [0.717, 1.165) is 6.07 Å². The molecule has 0 spiro atoms. The molecule has 0 bridgehead atoms. The molecule has 0 unspecified atom stereocenters. The van der Waals surface area contributed by atoms with Gasteiger partial charge < -0.3 is 0 Å². The van der Waals surface area contributed by atoms with E-state index in [1.165, 1.54) is 30.1 Å². The van der Waals surface area contributed by atoms with Crippen molar-refractivity contribution in [2.45, 2.75) is 19.0 Å². The predicted molar refractivity (Wildman–Crippen MR) is 54.0 cm³/mol. The van der Waals surface area contributed by atoms with Crippen molar-refractivity contribution >= 4 is 5.91 Å². The first-order chi connectivity index (χ1) is 7.95. The lowest BCUT2D eigenvalue weighted by Gasteiger charge is -2.11. The van der Waals surface area contributed by atoms with E-state index in [9.17, 15) is 18.0 Å². The zero-order valence-electron chi connectivity index (χ0n) is 8.79. The molecule has 1 aromatic rings. The number of hydrogen-bond donors (Lipinski definition) is 2. The SMILES string of the molecule is O=C(C[CH]Cc1ccccc1C(F)(F)F)NO. The Hall–Kier alpha value is -1.56. The predicted octanol–water partition coefficient (Wildman–Crippen LogP) is 2.35. The van der Waals surface area contributed by atoms with Crippen LogP contribution in [0.4, 0.5) is 13.2 Å². The molecule has 1 amide bonds. The molecule has 0 saturated heterocycles. The van der Waals surface area contributed by atoms with Crippen molar-refractivity contribution < 1.29 is 23.2 Å². The Morgan fingerprint density at radius 2 is 2.00 bits per heavy atom. The van der Waals surface area contributed by atoms with E-state index in [1.54, 1.807) is 0 Å². The van der Waals surface area contributed by atoms with Gasteiger partial charge in [0.15, 0.2) is 0 Å². The number of benzene rings is 1. The van der Waals surface area contributed by atoms with Gasteiger partial charge in [-0.25, -0.2) is 5.48 Å². The van der Waals surface area contributed by atoms with Crippen LogP contribution >= 0.6 is 0 Å². The molecule has 0 aliphatic carbocycles. The summed E-state index contributed by atoms with van der Waals surface area (Å²) in [6, 6.07) is 5.17. The maximum Gasteiger partial charge on any atom is 0.416 e. The summed E-state index contributed by atoms with van der Waals surface area (Å²) in [5, 5.41) is 8.22. The number of alkyl halides is 3. The van der Waals surface area contributed by atoms with Gasteiger partial charge in [0.1, 0.15) is 0 Å². The van der Waals surface area contributed by atoms with E-state index < -0.39 is 17.6 Å². The number of rotatable bonds is 4. The van der Waals surface area contributed by atoms with Gasteiger partial charge in [-0.05, 0) is 24.5 Å². The first kappa shape index (κ1) is 13.5. The molecule has 0 aliphatic rings. The summed E-state index contributed by atoms with van der Waals surface area (Å²) in [6.07, 6.45) is -3.15. The number of amides is 1.